The van der Waals surface area contributed by atoms with Crippen molar-refractivity contribution in [2.75, 3.05) is 20.3 Å². The molecule has 6 nitrogen and oxygen atoms in total. The highest BCUT2D eigenvalue weighted by Gasteiger charge is 2.11. The molecule has 2 aromatic rings. The predicted molar refractivity (Wildman–Crippen MR) is 99.3 cm³/mol. The zero-order valence-electron chi connectivity index (χ0n) is 15.2. The fourth-order valence-electron chi connectivity index (χ4n) is 2.64. The van der Waals surface area contributed by atoms with Gasteiger partial charge in [-0.3, -0.25) is 4.79 Å². The van der Waals surface area contributed by atoms with Crippen LogP contribution in [-0.4, -0.2) is 32.1 Å². The second-order valence-electron chi connectivity index (χ2n) is 5.93. The minimum absolute atomic E-state index is 0.00854. The van der Waals surface area contributed by atoms with Crippen molar-refractivity contribution in [2.24, 2.45) is 0 Å². The third-order valence-electron chi connectivity index (χ3n) is 4.03. The van der Waals surface area contributed by atoms with Gasteiger partial charge in [-0.05, 0) is 48.9 Å². The first-order valence-electron chi connectivity index (χ1n) is 8.49. The molecule has 1 aliphatic heterocycles. The van der Waals surface area contributed by atoms with Crippen molar-refractivity contribution < 1.29 is 28.5 Å². The van der Waals surface area contributed by atoms with Crippen LogP contribution in [0.2, 0.25) is 0 Å². The third-order valence-corrected chi connectivity index (χ3v) is 4.03. The van der Waals surface area contributed by atoms with Crippen LogP contribution in [0.1, 0.15) is 28.4 Å². The number of methoxy groups -OCH3 is 1. The van der Waals surface area contributed by atoms with E-state index in [0.717, 1.165) is 5.56 Å². The van der Waals surface area contributed by atoms with Gasteiger partial charge >= 0.3 is 5.97 Å². The van der Waals surface area contributed by atoms with Crippen molar-refractivity contribution >= 4 is 17.8 Å². The van der Waals surface area contributed by atoms with E-state index in [1.165, 1.54) is 20.1 Å². The van der Waals surface area contributed by atoms with Gasteiger partial charge < -0.3 is 18.9 Å². The molecule has 0 radical (unpaired) electrons. The fraction of sp³-hybridized carbons (Fsp3) is 0.238. The normalized spacial score (nSPS) is 12.7. The smallest absolute Gasteiger partial charge is 0.331 e. The molecule has 1 aliphatic rings. The van der Waals surface area contributed by atoms with Crippen molar-refractivity contribution in [1.82, 2.24) is 0 Å². The first kappa shape index (κ1) is 18.5. The van der Waals surface area contributed by atoms with E-state index in [-0.39, 0.29) is 12.4 Å². The number of esters is 1. The summed E-state index contributed by atoms with van der Waals surface area (Å²) in [6.07, 6.45) is 2.98. The fourth-order valence-corrected chi connectivity index (χ4v) is 2.64. The molecule has 0 bridgehead atoms. The van der Waals surface area contributed by atoms with Gasteiger partial charge in [-0.2, -0.15) is 0 Å². The molecule has 0 saturated heterocycles. The van der Waals surface area contributed by atoms with E-state index in [4.69, 9.17) is 18.9 Å². The molecule has 0 unspecified atom stereocenters. The topological polar surface area (TPSA) is 71.1 Å². The summed E-state index contributed by atoms with van der Waals surface area (Å²) in [5.41, 5.74) is 1.97. The van der Waals surface area contributed by atoms with Gasteiger partial charge in [0.25, 0.3) is 0 Å². The monoisotopic (exact) mass is 368 g/mol. The Labute approximate surface area is 157 Å². The molecule has 140 valence electrons. The van der Waals surface area contributed by atoms with Crippen LogP contribution in [0.3, 0.4) is 0 Å². The molecule has 0 amide bonds. The molecule has 0 saturated carbocycles. The van der Waals surface area contributed by atoms with Gasteiger partial charge in [-0.1, -0.05) is 6.07 Å². The number of ether oxygens (including phenoxy) is 4. The summed E-state index contributed by atoms with van der Waals surface area (Å²) >= 11 is 0. The standard InChI is InChI=1S/C21H20O6/c1-14(22)16-5-7-18(24-2)17(12-16)13-27-21(23)8-4-15-3-6-19-20(11-15)26-10-9-25-19/h3-8,11-12H,9-10,13H2,1-2H3/b8-4+. The second-order valence-corrected chi connectivity index (χ2v) is 5.93. The Hall–Kier alpha value is -3.28. The van der Waals surface area contributed by atoms with Crippen LogP contribution in [0.25, 0.3) is 6.08 Å². The summed E-state index contributed by atoms with van der Waals surface area (Å²) < 4.78 is 21.5. The summed E-state index contributed by atoms with van der Waals surface area (Å²) in [7, 11) is 1.52. The van der Waals surface area contributed by atoms with E-state index >= 15 is 0 Å². The van der Waals surface area contributed by atoms with Gasteiger partial charge in [0.15, 0.2) is 17.3 Å². The van der Waals surface area contributed by atoms with Crippen LogP contribution in [0, 0.1) is 0 Å². The largest absolute Gasteiger partial charge is 0.496 e. The molecule has 0 aliphatic carbocycles. The highest BCUT2D eigenvalue weighted by Crippen LogP contribution is 2.31. The Bertz CT molecular complexity index is 884. The highest BCUT2D eigenvalue weighted by molar-refractivity contribution is 5.94. The summed E-state index contributed by atoms with van der Waals surface area (Å²) in [5.74, 6) is 1.34. The first-order valence-corrected chi connectivity index (χ1v) is 8.49. The number of carbonyl (C=O) groups excluding carboxylic acids is 2. The molecule has 27 heavy (non-hydrogen) atoms. The Balaban J connectivity index is 1.63. The van der Waals surface area contributed by atoms with Crippen molar-refractivity contribution in [3.05, 3.63) is 59.2 Å². The highest BCUT2D eigenvalue weighted by atomic mass is 16.6. The molecule has 3 rings (SSSR count). The van der Waals surface area contributed by atoms with E-state index in [0.29, 0.717) is 41.6 Å². The van der Waals surface area contributed by atoms with Crippen molar-refractivity contribution in [3.63, 3.8) is 0 Å². The zero-order valence-corrected chi connectivity index (χ0v) is 15.2. The van der Waals surface area contributed by atoms with Crippen LogP contribution in [-0.2, 0) is 16.1 Å². The molecule has 0 aromatic heterocycles. The number of benzene rings is 2. The average molecular weight is 368 g/mol. The lowest BCUT2D eigenvalue weighted by atomic mass is 10.1. The Morgan fingerprint density at radius 1 is 1.07 bits per heavy atom. The quantitative estimate of drug-likeness (QED) is 0.442. The van der Waals surface area contributed by atoms with Crippen LogP contribution in [0.4, 0.5) is 0 Å². The predicted octanol–water partition coefficient (Wildman–Crippen LogP) is 3.43. The Morgan fingerprint density at radius 3 is 2.59 bits per heavy atom. The first-order chi connectivity index (χ1) is 13.1. The van der Waals surface area contributed by atoms with Crippen LogP contribution >= 0.6 is 0 Å². The van der Waals surface area contributed by atoms with Gasteiger partial charge in [0.2, 0.25) is 0 Å². The zero-order chi connectivity index (χ0) is 19.2. The van der Waals surface area contributed by atoms with Gasteiger partial charge in [-0.25, -0.2) is 4.79 Å². The van der Waals surface area contributed by atoms with Crippen LogP contribution in [0.15, 0.2) is 42.5 Å². The molecule has 2 aromatic carbocycles. The number of rotatable bonds is 6. The Morgan fingerprint density at radius 2 is 1.85 bits per heavy atom. The maximum absolute atomic E-state index is 12.0. The lowest BCUT2D eigenvalue weighted by Gasteiger charge is -2.18. The van der Waals surface area contributed by atoms with E-state index in [9.17, 15) is 9.59 Å². The van der Waals surface area contributed by atoms with E-state index in [1.54, 1.807) is 36.4 Å². The maximum atomic E-state index is 12.0. The number of Topliss-reactive ketones (excluding diaryl/α,β-unsaturated/α-hetero) is 1. The van der Waals surface area contributed by atoms with Crippen molar-refractivity contribution in [3.8, 4) is 17.2 Å². The van der Waals surface area contributed by atoms with Gasteiger partial charge in [0, 0.05) is 17.2 Å². The van der Waals surface area contributed by atoms with E-state index in [2.05, 4.69) is 0 Å². The summed E-state index contributed by atoms with van der Waals surface area (Å²) in [6.45, 7) is 2.52. The second kappa shape index (κ2) is 8.40. The maximum Gasteiger partial charge on any atom is 0.331 e. The summed E-state index contributed by atoms with van der Waals surface area (Å²) in [4.78, 5) is 23.5. The lowest BCUT2D eigenvalue weighted by molar-refractivity contribution is -0.138. The van der Waals surface area contributed by atoms with Crippen LogP contribution < -0.4 is 14.2 Å². The van der Waals surface area contributed by atoms with Crippen molar-refractivity contribution in [1.29, 1.82) is 0 Å². The van der Waals surface area contributed by atoms with Crippen molar-refractivity contribution in [2.45, 2.75) is 13.5 Å². The molecule has 0 spiro atoms. The number of carbonyl (C=O) groups is 2. The van der Waals surface area contributed by atoms with Gasteiger partial charge in [0.1, 0.15) is 25.6 Å². The SMILES string of the molecule is COc1ccc(C(C)=O)cc1COC(=O)/C=C/c1ccc2c(c1)OCCO2. The number of fused-ring (bicyclic) bond motifs is 1. The summed E-state index contributed by atoms with van der Waals surface area (Å²) in [5, 5.41) is 0. The molecule has 1 heterocycles. The molecule has 0 fully saturated rings. The molecular weight excluding hydrogens is 348 g/mol. The molecule has 0 N–H and O–H groups in total. The van der Waals surface area contributed by atoms with Gasteiger partial charge in [-0.15, -0.1) is 0 Å². The van der Waals surface area contributed by atoms with E-state index in [1.807, 2.05) is 6.07 Å². The Kier molecular flexibility index (Phi) is 5.76. The minimum atomic E-state index is -0.500. The van der Waals surface area contributed by atoms with Gasteiger partial charge in [0.05, 0.1) is 7.11 Å². The summed E-state index contributed by atoms with van der Waals surface area (Å²) in [6, 6.07) is 10.5. The third kappa shape index (κ3) is 4.67. The lowest BCUT2D eigenvalue weighted by Crippen LogP contribution is -2.15. The average Bonchev–Trinajstić information content (AvgIpc) is 2.70. The van der Waals surface area contributed by atoms with E-state index < -0.39 is 5.97 Å². The minimum Gasteiger partial charge on any atom is -0.496 e. The molecule has 6 heteroatoms. The number of hydrogen-bond donors (Lipinski definition) is 0. The van der Waals surface area contributed by atoms with Crippen LogP contribution in [0.5, 0.6) is 17.2 Å². The number of ketones is 1. The molecular formula is C21H20O6. The number of hydrogen-bond acceptors (Lipinski definition) is 6. The molecule has 0 atom stereocenters.